The van der Waals surface area contributed by atoms with E-state index in [1.807, 2.05) is 6.07 Å². The van der Waals surface area contributed by atoms with E-state index in [4.69, 9.17) is 5.26 Å². The molecule has 0 N–H and O–H groups in total. The van der Waals surface area contributed by atoms with Gasteiger partial charge in [-0.25, -0.2) is 0 Å². The van der Waals surface area contributed by atoms with Gasteiger partial charge in [0.1, 0.15) is 0 Å². The van der Waals surface area contributed by atoms with Gasteiger partial charge >= 0.3 is 0 Å². The van der Waals surface area contributed by atoms with Gasteiger partial charge in [-0.1, -0.05) is 44.2 Å². The molecule has 1 rings (SSSR count). The molecule has 1 aromatic rings. The van der Waals surface area contributed by atoms with E-state index in [1.165, 1.54) is 5.56 Å². The van der Waals surface area contributed by atoms with Gasteiger partial charge in [0.05, 0.1) is 6.07 Å². The van der Waals surface area contributed by atoms with Crippen LogP contribution >= 0.6 is 0 Å². The molecule has 0 saturated heterocycles. The first-order valence-electron chi connectivity index (χ1n) is 5.09. The van der Waals surface area contributed by atoms with E-state index >= 15 is 0 Å². The lowest BCUT2D eigenvalue weighted by Gasteiger charge is -2.24. The highest BCUT2D eigenvalue weighted by Gasteiger charge is 2.18. The Hall–Kier alpha value is -1.29. The fourth-order valence-electron chi connectivity index (χ4n) is 1.64. The second kappa shape index (κ2) is 4.81. The second-order valence-electron chi connectivity index (χ2n) is 4.26. The highest BCUT2D eigenvalue weighted by molar-refractivity contribution is 5.23. The zero-order chi connectivity index (χ0) is 10.4. The molecule has 0 aliphatic carbocycles. The van der Waals surface area contributed by atoms with Crippen LogP contribution in [0.2, 0.25) is 0 Å². The molecule has 0 unspecified atom stereocenters. The Labute approximate surface area is 86.4 Å². The zero-order valence-corrected chi connectivity index (χ0v) is 8.96. The summed E-state index contributed by atoms with van der Waals surface area (Å²) in [6.45, 7) is 4.47. The van der Waals surface area contributed by atoms with Crippen molar-refractivity contribution in [1.29, 1.82) is 5.26 Å². The van der Waals surface area contributed by atoms with Crippen LogP contribution in [0.25, 0.3) is 0 Å². The van der Waals surface area contributed by atoms with Crippen LogP contribution in [0.3, 0.4) is 0 Å². The fraction of sp³-hybridized carbons (Fsp3) is 0.462. The second-order valence-corrected chi connectivity index (χ2v) is 4.26. The van der Waals surface area contributed by atoms with Crippen molar-refractivity contribution in [3.8, 4) is 6.07 Å². The average Bonchev–Trinajstić information content (AvgIpc) is 2.19. The van der Waals surface area contributed by atoms with Crippen molar-refractivity contribution < 1.29 is 0 Å². The maximum atomic E-state index is 8.48. The van der Waals surface area contributed by atoms with E-state index in [9.17, 15) is 0 Å². The van der Waals surface area contributed by atoms with E-state index < -0.39 is 0 Å². The molecular formula is C13H17N. The van der Waals surface area contributed by atoms with Crippen LogP contribution in [0.15, 0.2) is 30.3 Å². The molecule has 0 fully saturated rings. The van der Waals surface area contributed by atoms with Crippen LogP contribution in [0.1, 0.15) is 38.7 Å². The lowest BCUT2D eigenvalue weighted by molar-refractivity contribution is 0.464. The molecule has 0 aliphatic rings. The topological polar surface area (TPSA) is 23.8 Å². The highest BCUT2D eigenvalue weighted by atomic mass is 14.3. The predicted molar refractivity (Wildman–Crippen MR) is 58.9 cm³/mol. The third kappa shape index (κ3) is 2.88. The minimum atomic E-state index is 0.193. The highest BCUT2D eigenvalue weighted by Crippen LogP contribution is 2.28. The monoisotopic (exact) mass is 187 g/mol. The number of hydrogen-bond acceptors (Lipinski definition) is 1. The SMILES string of the molecule is CC(C)(CCCC#N)c1ccccc1. The van der Waals surface area contributed by atoms with Crippen LogP contribution < -0.4 is 0 Å². The molecule has 0 aromatic heterocycles. The summed E-state index contributed by atoms with van der Waals surface area (Å²) < 4.78 is 0. The molecule has 14 heavy (non-hydrogen) atoms. The molecule has 0 spiro atoms. The van der Waals surface area contributed by atoms with Crippen LogP contribution in [-0.4, -0.2) is 0 Å². The predicted octanol–water partition coefficient (Wildman–Crippen LogP) is 3.66. The Morgan fingerprint density at radius 3 is 2.43 bits per heavy atom. The van der Waals surface area contributed by atoms with E-state index in [1.54, 1.807) is 0 Å². The largest absolute Gasteiger partial charge is 0.198 e. The third-order valence-corrected chi connectivity index (χ3v) is 2.65. The Morgan fingerprint density at radius 2 is 1.86 bits per heavy atom. The number of nitriles is 1. The fourth-order valence-corrected chi connectivity index (χ4v) is 1.64. The van der Waals surface area contributed by atoms with Crippen molar-refractivity contribution in [3.05, 3.63) is 35.9 Å². The van der Waals surface area contributed by atoms with Crippen molar-refractivity contribution in [2.75, 3.05) is 0 Å². The third-order valence-electron chi connectivity index (χ3n) is 2.65. The maximum Gasteiger partial charge on any atom is 0.0621 e. The van der Waals surface area contributed by atoms with Crippen molar-refractivity contribution in [2.24, 2.45) is 0 Å². The molecule has 0 radical (unpaired) electrons. The van der Waals surface area contributed by atoms with Crippen molar-refractivity contribution in [3.63, 3.8) is 0 Å². The molecule has 1 nitrogen and oxygen atoms in total. The number of hydrogen-bond donors (Lipinski definition) is 0. The lowest BCUT2D eigenvalue weighted by Crippen LogP contribution is -2.16. The Bertz CT molecular complexity index is 306. The van der Waals surface area contributed by atoms with Gasteiger partial charge in [-0.2, -0.15) is 5.26 Å². The minimum Gasteiger partial charge on any atom is -0.198 e. The van der Waals surface area contributed by atoms with Gasteiger partial charge in [0.15, 0.2) is 0 Å². The first kappa shape index (κ1) is 10.8. The first-order valence-corrected chi connectivity index (χ1v) is 5.09. The van der Waals surface area contributed by atoms with Gasteiger partial charge in [0.25, 0.3) is 0 Å². The van der Waals surface area contributed by atoms with Crippen LogP contribution in [0.4, 0.5) is 0 Å². The summed E-state index contributed by atoms with van der Waals surface area (Å²) in [5, 5.41) is 8.48. The molecule has 1 aromatic carbocycles. The molecule has 74 valence electrons. The Morgan fingerprint density at radius 1 is 1.21 bits per heavy atom. The van der Waals surface area contributed by atoms with Gasteiger partial charge in [0, 0.05) is 6.42 Å². The van der Waals surface area contributed by atoms with Crippen LogP contribution in [-0.2, 0) is 5.41 Å². The van der Waals surface area contributed by atoms with Gasteiger partial charge < -0.3 is 0 Å². The van der Waals surface area contributed by atoms with E-state index in [-0.39, 0.29) is 5.41 Å². The number of unbranched alkanes of at least 4 members (excludes halogenated alkanes) is 1. The van der Waals surface area contributed by atoms with Crippen molar-refractivity contribution >= 4 is 0 Å². The first-order chi connectivity index (χ1) is 6.67. The molecular weight excluding hydrogens is 170 g/mol. The van der Waals surface area contributed by atoms with E-state index in [0.29, 0.717) is 6.42 Å². The molecule has 0 saturated carbocycles. The quantitative estimate of drug-likeness (QED) is 0.660. The summed E-state index contributed by atoms with van der Waals surface area (Å²) in [4.78, 5) is 0. The zero-order valence-electron chi connectivity index (χ0n) is 8.96. The minimum absolute atomic E-state index is 0.193. The average molecular weight is 187 g/mol. The summed E-state index contributed by atoms with van der Waals surface area (Å²) in [5.41, 5.74) is 1.55. The smallest absolute Gasteiger partial charge is 0.0621 e. The van der Waals surface area contributed by atoms with Gasteiger partial charge in [-0.3, -0.25) is 0 Å². The molecule has 0 aliphatic heterocycles. The number of rotatable bonds is 4. The van der Waals surface area contributed by atoms with Crippen molar-refractivity contribution in [1.82, 2.24) is 0 Å². The van der Waals surface area contributed by atoms with Gasteiger partial charge in [-0.05, 0) is 23.8 Å². The summed E-state index contributed by atoms with van der Waals surface area (Å²) >= 11 is 0. The molecule has 0 heterocycles. The standard InChI is InChI=1S/C13H17N/c1-13(2,10-6-7-11-14)12-8-4-3-5-9-12/h3-5,8-9H,6-7,10H2,1-2H3. The molecule has 0 amide bonds. The summed E-state index contributed by atoms with van der Waals surface area (Å²) in [7, 11) is 0. The summed E-state index contributed by atoms with van der Waals surface area (Å²) in [6, 6.07) is 12.7. The van der Waals surface area contributed by atoms with Crippen molar-refractivity contribution in [2.45, 2.75) is 38.5 Å². The van der Waals surface area contributed by atoms with Crippen LogP contribution in [0.5, 0.6) is 0 Å². The Balaban J connectivity index is 2.62. The van der Waals surface area contributed by atoms with E-state index in [0.717, 1.165) is 12.8 Å². The molecule has 1 heteroatoms. The van der Waals surface area contributed by atoms with Gasteiger partial charge in [-0.15, -0.1) is 0 Å². The molecule has 0 bridgehead atoms. The van der Waals surface area contributed by atoms with Crippen LogP contribution in [0, 0.1) is 11.3 Å². The van der Waals surface area contributed by atoms with E-state index in [2.05, 4.69) is 44.2 Å². The summed E-state index contributed by atoms with van der Waals surface area (Å²) in [6.07, 6.45) is 2.72. The maximum absolute atomic E-state index is 8.48. The normalized spacial score (nSPS) is 10.9. The Kier molecular flexibility index (Phi) is 3.71. The van der Waals surface area contributed by atoms with Gasteiger partial charge in [0.2, 0.25) is 0 Å². The number of nitrogens with zero attached hydrogens (tertiary/aromatic N) is 1. The lowest BCUT2D eigenvalue weighted by atomic mass is 9.80. The number of benzene rings is 1. The summed E-state index contributed by atoms with van der Waals surface area (Å²) in [5.74, 6) is 0. The molecule has 0 atom stereocenters.